The van der Waals surface area contributed by atoms with E-state index in [9.17, 15) is 75.7 Å². The first-order valence-corrected chi connectivity index (χ1v) is 28.1. The highest BCUT2D eigenvalue weighted by Crippen LogP contribution is 2.76. The monoisotopic (exact) mass is 1140 g/mol. The Kier molecular flexibility index (Phi) is 17.9. The van der Waals surface area contributed by atoms with Crippen molar-refractivity contribution < 1.29 is 114 Å². The van der Waals surface area contributed by atoms with Crippen molar-refractivity contribution in [1.29, 1.82) is 0 Å². The zero-order valence-corrected chi connectivity index (χ0v) is 47.7. The van der Waals surface area contributed by atoms with Crippen LogP contribution < -0.4 is 0 Å². The summed E-state index contributed by atoms with van der Waals surface area (Å²) in [7, 11) is 0. The van der Waals surface area contributed by atoms with Gasteiger partial charge in [0.15, 0.2) is 31.1 Å². The number of aliphatic hydroxyl groups excluding tert-OH is 11. The van der Waals surface area contributed by atoms with E-state index in [2.05, 4.69) is 19.9 Å². The van der Waals surface area contributed by atoms with Crippen molar-refractivity contribution in [2.75, 3.05) is 19.8 Å². The summed E-state index contributed by atoms with van der Waals surface area (Å²) in [5, 5.41) is 134. The van der Waals surface area contributed by atoms with Crippen molar-refractivity contribution in [2.24, 2.45) is 50.2 Å². The molecule has 3 aliphatic heterocycles. The standard InChI is InChI=1S/C57H88O23/c1-12-24(3)47(71)79-44-45(80-48(72)25(4)13-2)57(23-60)27(20-52(44,5)6)26-14-15-31-54(9)18-17-32(53(7,8)30(54)16-19-55(31,10)56(26,11)42(67)43(57)68)75-51-41(78-50-37(65)35(63)33(61)28(21-58)73-50)39(38(66)40(77-51)46(69)70)76-49-36(64)34(62)29(22-59)74-49/h12-14,27-45,49-51,58-68H,15-23H2,1-11H3,(H,69,70)/b24-12-,25-13-/t27-,28-,29+,30+,31+,32+,33+,34-,35+,36-,37-,38+,39+,40+,41-,42+,43-,44+,45+,49+,50+,51-,54+,55-,56+,57+/m1/s1. The Morgan fingerprint density at radius 2 is 1.18 bits per heavy atom. The van der Waals surface area contributed by atoms with Crippen LogP contribution in [-0.4, -0.2) is 216 Å². The molecule has 3 heterocycles. The van der Waals surface area contributed by atoms with E-state index in [1.54, 1.807) is 39.8 Å². The maximum Gasteiger partial charge on any atom is 0.335 e. The minimum absolute atomic E-state index is 0.153. The highest BCUT2D eigenvalue weighted by atomic mass is 16.8. The van der Waals surface area contributed by atoms with Crippen LogP contribution >= 0.6 is 0 Å². The SMILES string of the molecule is C/C=C(/C)C(=O)O[C@H]1[C@H](OC(=O)/C(C)=C\C)[C@@]2(CO)[C@H](CC1(C)C)C1=CC[C@H]3[C@@]4(C)CC[C@H](O[C@@H]5O[C@H](C(=O)O)[C@@H](O)[C@H](O[C@@H]6O[C@@H](CO)[C@@H](O)[C@H]6O)[C@H]5O[C@@H]5O[C@H](CO)[C@H](O)[C@H](O)[C@H]5O)C(C)(C)[C@@H]4CC[C@@]3(C)[C@]1(C)[C@@H](O)[C@H]2O. The van der Waals surface area contributed by atoms with Gasteiger partial charge in [-0.1, -0.05) is 72.3 Å². The predicted molar refractivity (Wildman–Crippen MR) is 277 cm³/mol. The van der Waals surface area contributed by atoms with Gasteiger partial charge in [-0.25, -0.2) is 14.4 Å². The van der Waals surface area contributed by atoms with Crippen LogP contribution in [0.1, 0.15) is 115 Å². The number of hydrogen-bond acceptors (Lipinski definition) is 22. The second-order valence-corrected chi connectivity index (χ2v) is 26.0. The number of carboxylic acid groups (broad SMARTS) is 1. The lowest BCUT2D eigenvalue weighted by molar-refractivity contribution is -0.386. The number of carbonyl (C=O) groups is 3. The molecular weight excluding hydrogens is 1050 g/mol. The molecule has 0 amide bonds. The van der Waals surface area contributed by atoms with Crippen molar-refractivity contribution in [3.8, 4) is 0 Å². The highest BCUT2D eigenvalue weighted by Gasteiger charge is 2.76. The fraction of sp³-hybridized carbons (Fsp3) is 0.842. The smallest absolute Gasteiger partial charge is 0.335 e. The first-order chi connectivity index (χ1) is 37.3. The average Bonchev–Trinajstić information content (AvgIpc) is 3.72. The lowest BCUT2D eigenvalue weighted by atomic mass is 9.32. The number of fused-ring (bicyclic) bond motifs is 7. The van der Waals surface area contributed by atoms with Gasteiger partial charge in [-0.2, -0.15) is 0 Å². The molecule has 7 fully saturated rings. The average molecular weight is 1140 g/mol. The Morgan fingerprint density at radius 3 is 1.71 bits per heavy atom. The van der Waals surface area contributed by atoms with E-state index < -0.39 is 193 Å². The Morgan fingerprint density at radius 1 is 0.637 bits per heavy atom. The van der Waals surface area contributed by atoms with Gasteiger partial charge in [0.2, 0.25) is 0 Å². The second-order valence-electron chi connectivity index (χ2n) is 26.0. The molecule has 0 aromatic rings. The molecule has 0 radical (unpaired) electrons. The van der Waals surface area contributed by atoms with Crippen LogP contribution in [0.15, 0.2) is 34.9 Å². The minimum Gasteiger partial charge on any atom is -0.479 e. The van der Waals surface area contributed by atoms with Crippen LogP contribution in [0.4, 0.5) is 0 Å². The molecule has 454 valence electrons. The van der Waals surface area contributed by atoms with Gasteiger partial charge in [-0.3, -0.25) is 0 Å². The maximum absolute atomic E-state index is 13.9. The Labute approximate surface area is 466 Å². The van der Waals surface area contributed by atoms with Gasteiger partial charge in [0.1, 0.15) is 67.1 Å². The molecule has 4 saturated carbocycles. The molecule has 3 saturated heterocycles. The van der Waals surface area contributed by atoms with Gasteiger partial charge in [-0.15, -0.1) is 0 Å². The molecule has 0 bridgehead atoms. The summed E-state index contributed by atoms with van der Waals surface area (Å²) in [6.07, 6.45) is -24.0. The third-order valence-corrected chi connectivity index (χ3v) is 21.4. The van der Waals surface area contributed by atoms with Gasteiger partial charge >= 0.3 is 17.9 Å². The Balaban J connectivity index is 1.14. The number of ether oxygens (including phenoxy) is 8. The molecule has 0 unspecified atom stereocenters. The van der Waals surface area contributed by atoms with E-state index >= 15 is 0 Å². The number of carboxylic acids is 1. The quantitative estimate of drug-likeness (QED) is 0.0480. The van der Waals surface area contributed by atoms with Crippen LogP contribution in [-0.2, 0) is 52.3 Å². The number of rotatable bonds is 14. The Hall–Kier alpha value is -3.05. The largest absolute Gasteiger partial charge is 0.479 e. The van der Waals surface area contributed by atoms with Gasteiger partial charge in [0.05, 0.1) is 43.5 Å². The summed E-state index contributed by atoms with van der Waals surface area (Å²) in [6, 6.07) is 0. The van der Waals surface area contributed by atoms with E-state index in [4.69, 9.17) is 37.9 Å². The molecule has 23 nitrogen and oxygen atoms in total. The molecule has 5 aliphatic carbocycles. The number of aliphatic carboxylic acids is 1. The normalized spacial score (nSPS) is 49.0. The summed E-state index contributed by atoms with van der Waals surface area (Å²) in [5.41, 5.74) is -4.40. The summed E-state index contributed by atoms with van der Waals surface area (Å²) in [5.74, 6) is -4.01. The number of allylic oxidation sites excluding steroid dienone is 3. The number of esters is 2. The van der Waals surface area contributed by atoms with Crippen LogP contribution in [0.3, 0.4) is 0 Å². The van der Waals surface area contributed by atoms with Crippen molar-refractivity contribution in [2.45, 2.75) is 231 Å². The number of hydrogen-bond donors (Lipinski definition) is 12. The fourth-order valence-corrected chi connectivity index (χ4v) is 16.2. The molecule has 23 heteroatoms. The van der Waals surface area contributed by atoms with Gasteiger partial charge in [0.25, 0.3) is 0 Å². The van der Waals surface area contributed by atoms with E-state index in [-0.39, 0.29) is 23.8 Å². The van der Waals surface area contributed by atoms with Crippen LogP contribution in [0.25, 0.3) is 0 Å². The van der Waals surface area contributed by atoms with Gasteiger partial charge in [-0.05, 0) is 100 Å². The fourth-order valence-electron chi connectivity index (χ4n) is 16.2. The van der Waals surface area contributed by atoms with E-state index in [0.29, 0.717) is 37.7 Å². The zero-order chi connectivity index (χ0) is 59.3. The van der Waals surface area contributed by atoms with Crippen molar-refractivity contribution in [3.05, 3.63) is 34.9 Å². The third kappa shape index (κ3) is 9.76. The molecule has 12 N–H and O–H groups in total. The molecule has 80 heavy (non-hydrogen) atoms. The second kappa shape index (κ2) is 22.7. The van der Waals surface area contributed by atoms with E-state index in [0.717, 1.165) is 5.57 Å². The van der Waals surface area contributed by atoms with Crippen molar-refractivity contribution in [1.82, 2.24) is 0 Å². The van der Waals surface area contributed by atoms with Crippen molar-refractivity contribution in [3.63, 3.8) is 0 Å². The van der Waals surface area contributed by atoms with Gasteiger partial charge in [0, 0.05) is 22.0 Å². The molecule has 0 aromatic heterocycles. The predicted octanol–water partition coefficient (Wildman–Crippen LogP) is 0.263. The first-order valence-electron chi connectivity index (χ1n) is 28.1. The summed E-state index contributed by atoms with van der Waals surface area (Å²) in [6.45, 7) is 18.4. The Bertz CT molecular complexity index is 2390. The highest BCUT2D eigenvalue weighted by molar-refractivity contribution is 5.89. The van der Waals surface area contributed by atoms with Crippen molar-refractivity contribution >= 4 is 17.9 Å². The number of aliphatic hydroxyl groups is 11. The molecule has 8 rings (SSSR count). The maximum atomic E-state index is 13.9. The molecule has 8 aliphatic rings. The topological polar surface area (TPSA) is 368 Å². The molecule has 26 atom stereocenters. The summed E-state index contributed by atoms with van der Waals surface area (Å²) < 4.78 is 49.0. The lowest BCUT2D eigenvalue weighted by Crippen LogP contribution is -2.76. The first kappa shape index (κ1) is 63.0. The summed E-state index contributed by atoms with van der Waals surface area (Å²) >= 11 is 0. The zero-order valence-electron chi connectivity index (χ0n) is 47.7. The molecule has 0 aromatic carbocycles. The van der Waals surface area contributed by atoms with Crippen LogP contribution in [0.2, 0.25) is 0 Å². The molecule has 0 spiro atoms. The molecular formula is C57H88O23. The van der Waals surface area contributed by atoms with Gasteiger partial charge < -0.3 is 99.2 Å². The van der Waals surface area contributed by atoms with Crippen LogP contribution in [0, 0.1) is 50.2 Å². The van der Waals surface area contributed by atoms with Crippen LogP contribution in [0.5, 0.6) is 0 Å². The minimum atomic E-state index is -2.13. The van der Waals surface area contributed by atoms with E-state index in [1.165, 1.54) is 0 Å². The lowest BCUT2D eigenvalue weighted by Gasteiger charge is -2.73. The van der Waals surface area contributed by atoms with E-state index in [1.807, 2.05) is 34.6 Å². The third-order valence-electron chi connectivity index (χ3n) is 21.4. The number of carbonyl (C=O) groups excluding carboxylic acids is 2. The summed E-state index contributed by atoms with van der Waals surface area (Å²) in [4.78, 5) is 40.3.